The Morgan fingerprint density at radius 3 is 1.81 bits per heavy atom. The lowest BCUT2D eigenvalue weighted by Crippen LogP contribution is -2.07. The number of para-hydroxylation sites is 1. The average Bonchev–Trinajstić information content (AvgIpc) is 2.61. The second kappa shape index (κ2) is 6.88. The lowest BCUT2D eigenvalue weighted by molar-refractivity contribution is -0.385. The summed E-state index contributed by atoms with van der Waals surface area (Å²) in [6, 6.07) is 17.0. The molecule has 0 aliphatic rings. The fourth-order valence-electron chi connectivity index (χ4n) is 3.17. The van der Waals surface area contributed by atoms with Gasteiger partial charge in [-0.3, -0.25) is 10.1 Å². The van der Waals surface area contributed by atoms with E-state index in [0.29, 0.717) is 16.7 Å². The van der Waals surface area contributed by atoms with Gasteiger partial charge in [-0.15, -0.1) is 0 Å². The Kier molecular flexibility index (Phi) is 4.63. The molecule has 26 heavy (non-hydrogen) atoms. The lowest BCUT2D eigenvalue weighted by atomic mass is 9.83. The third kappa shape index (κ3) is 3.24. The predicted octanol–water partition coefficient (Wildman–Crippen LogP) is 4.80. The van der Waals surface area contributed by atoms with Crippen molar-refractivity contribution < 1.29 is 15.1 Å². The number of aromatic hydroxyl groups is 2. The van der Waals surface area contributed by atoms with Gasteiger partial charge >= 0.3 is 0 Å². The third-order valence-electron chi connectivity index (χ3n) is 4.55. The number of nitrogens with zero attached hydrogens (tertiary/aromatic N) is 1. The molecule has 3 aromatic carbocycles. The molecule has 3 aromatic rings. The second-order valence-corrected chi connectivity index (χ2v) is 6.34. The number of aryl methyl sites for hydroxylation is 2. The van der Waals surface area contributed by atoms with Crippen LogP contribution in [-0.4, -0.2) is 15.1 Å². The van der Waals surface area contributed by atoms with Crippen molar-refractivity contribution in [2.45, 2.75) is 19.8 Å². The first kappa shape index (κ1) is 17.5. The molecule has 0 bridgehead atoms. The molecule has 0 radical (unpaired) electrons. The van der Waals surface area contributed by atoms with Gasteiger partial charge in [0.15, 0.2) is 0 Å². The quantitative estimate of drug-likeness (QED) is 0.402. The molecule has 2 N–H and O–H groups in total. The molecule has 0 aromatic heterocycles. The van der Waals surface area contributed by atoms with E-state index in [1.54, 1.807) is 56.3 Å². The van der Waals surface area contributed by atoms with Gasteiger partial charge in [-0.1, -0.05) is 42.5 Å². The van der Waals surface area contributed by atoms with Crippen LogP contribution in [0.1, 0.15) is 33.7 Å². The standard InChI is InChI=1S/C21H19NO4/c1-13-11-15(7-9-19(13)23)21(16-8-10-20(24)14(2)12-16)17-5-3-4-6-18(17)22(25)26/h3-12,21,23-24H,1-2H3. The molecule has 0 aliphatic heterocycles. The van der Waals surface area contributed by atoms with E-state index >= 15 is 0 Å². The van der Waals surface area contributed by atoms with Gasteiger partial charge in [0.1, 0.15) is 11.5 Å². The number of nitro benzene ring substituents is 1. The van der Waals surface area contributed by atoms with Crippen molar-refractivity contribution in [3.05, 3.63) is 98.6 Å². The van der Waals surface area contributed by atoms with Crippen LogP contribution in [0.25, 0.3) is 0 Å². The molecule has 0 fully saturated rings. The molecule has 3 rings (SSSR count). The summed E-state index contributed by atoms with van der Waals surface area (Å²) in [5.74, 6) is -0.0379. The Morgan fingerprint density at radius 1 is 0.846 bits per heavy atom. The Morgan fingerprint density at radius 2 is 1.35 bits per heavy atom. The molecule has 0 saturated carbocycles. The zero-order valence-corrected chi connectivity index (χ0v) is 14.5. The third-order valence-corrected chi connectivity index (χ3v) is 4.55. The number of phenolic OH excluding ortho intramolecular Hbond substituents is 2. The number of rotatable bonds is 4. The van der Waals surface area contributed by atoms with E-state index in [-0.39, 0.29) is 22.1 Å². The van der Waals surface area contributed by atoms with E-state index in [1.165, 1.54) is 6.07 Å². The van der Waals surface area contributed by atoms with Crippen molar-refractivity contribution in [2.24, 2.45) is 0 Å². The van der Waals surface area contributed by atoms with E-state index < -0.39 is 5.92 Å². The zero-order valence-electron chi connectivity index (χ0n) is 14.5. The van der Waals surface area contributed by atoms with Crippen molar-refractivity contribution in [3.8, 4) is 11.5 Å². The van der Waals surface area contributed by atoms with Gasteiger partial charge < -0.3 is 10.2 Å². The van der Waals surface area contributed by atoms with Crippen molar-refractivity contribution in [2.75, 3.05) is 0 Å². The summed E-state index contributed by atoms with van der Waals surface area (Å²) < 4.78 is 0. The lowest BCUT2D eigenvalue weighted by Gasteiger charge is -2.20. The van der Waals surface area contributed by atoms with Crippen LogP contribution in [-0.2, 0) is 0 Å². The fourth-order valence-corrected chi connectivity index (χ4v) is 3.17. The van der Waals surface area contributed by atoms with E-state index in [1.807, 2.05) is 12.1 Å². The van der Waals surface area contributed by atoms with Crippen LogP contribution in [0.15, 0.2) is 60.7 Å². The highest BCUT2D eigenvalue weighted by atomic mass is 16.6. The average molecular weight is 349 g/mol. The van der Waals surface area contributed by atoms with Gasteiger partial charge in [0.05, 0.1) is 4.92 Å². The largest absolute Gasteiger partial charge is 0.508 e. The summed E-state index contributed by atoms with van der Waals surface area (Å²) in [5.41, 5.74) is 3.66. The number of hydrogen-bond donors (Lipinski definition) is 2. The van der Waals surface area contributed by atoms with Gasteiger partial charge in [-0.25, -0.2) is 0 Å². The summed E-state index contributed by atoms with van der Waals surface area (Å²) in [6.07, 6.45) is 0. The van der Waals surface area contributed by atoms with Crippen LogP contribution in [0, 0.1) is 24.0 Å². The fraction of sp³-hybridized carbons (Fsp3) is 0.143. The molecule has 0 spiro atoms. The minimum atomic E-state index is -0.393. The summed E-state index contributed by atoms with van der Waals surface area (Å²) in [7, 11) is 0. The van der Waals surface area contributed by atoms with Gasteiger partial charge in [0.2, 0.25) is 0 Å². The molecule has 5 heteroatoms. The molecule has 132 valence electrons. The van der Waals surface area contributed by atoms with Crippen LogP contribution < -0.4 is 0 Å². The molecular weight excluding hydrogens is 330 g/mol. The Hall–Kier alpha value is -3.34. The number of benzene rings is 3. The Bertz CT molecular complexity index is 930. The van der Waals surface area contributed by atoms with Gasteiger partial charge in [-0.2, -0.15) is 0 Å². The normalized spacial score (nSPS) is 10.9. The molecule has 5 nitrogen and oxygen atoms in total. The summed E-state index contributed by atoms with van der Waals surface area (Å²) in [5, 5.41) is 31.3. The molecule has 0 saturated heterocycles. The first-order chi connectivity index (χ1) is 12.4. The first-order valence-corrected chi connectivity index (χ1v) is 8.21. The minimum Gasteiger partial charge on any atom is -0.508 e. The van der Waals surface area contributed by atoms with Crippen LogP contribution in [0.4, 0.5) is 5.69 Å². The zero-order chi connectivity index (χ0) is 18.8. The topological polar surface area (TPSA) is 83.6 Å². The highest BCUT2D eigenvalue weighted by Gasteiger charge is 2.25. The molecule has 0 amide bonds. The summed E-state index contributed by atoms with van der Waals surface area (Å²) in [6.45, 7) is 3.58. The highest BCUT2D eigenvalue weighted by molar-refractivity contribution is 5.54. The maximum Gasteiger partial charge on any atom is 0.273 e. The maximum atomic E-state index is 11.6. The van der Waals surface area contributed by atoms with Gasteiger partial charge in [0.25, 0.3) is 5.69 Å². The van der Waals surface area contributed by atoms with E-state index in [2.05, 4.69) is 0 Å². The van der Waals surface area contributed by atoms with Gasteiger partial charge in [-0.05, 0) is 48.2 Å². The minimum absolute atomic E-state index is 0.0361. The second-order valence-electron chi connectivity index (χ2n) is 6.34. The Balaban J connectivity index is 2.27. The van der Waals surface area contributed by atoms with E-state index in [9.17, 15) is 20.3 Å². The summed E-state index contributed by atoms with van der Waals surface area (Å²) in [4.78, 5) is 11.2. The number of nitro groups is 1. The van der Waals surface area contributed by atoms with Crippen LogP contribution in [0.3, 0.4) is 0 Å². The van der Waals surface area contributed by atoms with Crippen molar-refractivity contribution in [1.82, 2.24) is 0 Å². The van der Waals surface area contributed by atoms with E-state index in [0.717, 1.165) is 11.1 Å². The van der Waals surface area contributed by atoms with Crippen LogP contribution in [0.5, 0.6) is 11.5 Å². The number of hydrogen-bond acceptors (Lipinski definition) is 4. The molecule has 0 unspecified atom stereocenters. The SMILES string of the molecule is Cc1cc(C(c2ccc(O)c(C)c2)c2ccccc2[N+](=O)[O-])ccc1O. The highest BCUT2D eigenvalue weighted by Crippen LogP contribution is 2.39. The maximum absolute atomic E-state index is 11.6. The van der Waals surface area contributed by atoms with Crippen molar-refractivity contribution in [1.29, 1.82) is 0 Å². The molecule has 0 atom stereocenters. The first-order valence-electron chi connectivity index (χ1n) is 8.21. The Labute approximate surface area is 151 Å². The molecule has 0 aliphatic carbocycles. The monoisotopic (exact) mass is 349 g/mol. The van der Waals surface area contributed by atoms with Crippen LogP contribution in [0.2, 0.25) is 0 Å². The predicted molar refractivity (Wildman–Crippen MR) is 99.7 cm³/mol. The molecular formula is C21H19NO4. The van der Waals surface area contributed by atoms with Crippen LogP contribution >= 0.6 is 0 Å². The van der Waals surface area contributed by atoms with Gasteiger partial charge in [0, 0.05) is 17.5 Å². The van der Waals surface area contributed by atoms with Crippen molar-refractivity contribution >= 4 is 5.69 Å². The summed E-state index contributed by atoms with van der Waals surface area (Å²) >= 11 is 0. The van der Waals surface area contributed by atoms with E-state index in [4.69, 9.17) is 0 Å². The van der Waals surface area contributed by atoms with Crippen molar-refractivity contribution in [3.63, 3.8) is 0 Å². The molecule has 0 heterocycles. The number of phenols is 2. The smallest absolute Gasteiger partial charge is 0.273 e.